The number of para-hydroxylation sites is 2. The number of benzene rings is 1. The molecule has 0 aliphatic carbocycles. The first-order valence-corrected chi connectivity index (χ1v) is 8.83. The van der Waals surface area contributed by atoms with Crippen molar-refractivity contribution in [3.8, 4) is 0 Å². The third-order valence-electron chi connectivity index (χ3n) is 3.84. The van der Waals surface area contributed by atoms with E-state index in [1.807, 2.05) is 37.2 Å². The lowest BCUT2D eigenvalue weighted by Gasteiger charge is -2.25. The summed E-state index contributed by atoms with van der Waals surface area (Å²) in [6.07, 6.45) is 3.24. The molecule has 0 atom stereocenters. The Bertz CT molecular complexity index is 995. The van der Waals surface area contributed by atoms with Crippen molar-refractivity contribution < 1.29 is 8.42 Å². The molecule has 2 aromatic heterocycles. The van der Waals surface area contributed by atoms with Gasteiger partial charge in [0.2, 0.25) is 0 Å². The second-order valence-corrected chi connectivity index (χ2v) is 7.56. The van der Waals surface area contributed by atoms with Gasteiger partial charge >= 0.3 is 0 Å². The summed E-state index contributed by atoms with van der Waals surface area (Å²) in [5, 5.41) is 4.25. The molecule has 0 spiro atoms. The van der Waals surface area contributed by atoms with Crippen LogP contribution in [0.1, 0.15) is 5.69 Å². The lowest BCUT2D eigenvalue weighted by Crippen LogP contribution is -2.28. The van der Waals surface area contributed by atoms with Gasteiger partial charge in [-0.05, 0) is 25.1 Å². The molecule has 8 heteroatoms. The Morgan fingerprint density at radius 2 is 1.71 bits per heavy atom. The van der Waals surface area contributed by atoms with Crippen LogP contribution in [-0.2, 0) is 10.0 Å². The Morgan fingerprint density at radius 3 is 2.38 bits per heavy atom. The summed E-state index contributed by atoms with van der Waals surface area (Å²) in [6, 6.07) is 9.06. The molecular formula is C16H19N5O2S. The van der Waals surface area contributed by atoms with E-state index in [4.69, 9.17) is 0 Å². The van der Waals surface area contributed by atoms with Crippen LogP contribution in [-0.4, -0.2) is 44.2 Å². The Balaban J connectivity index is 2.19. The van der Waals surface area contributed by atoms with E-state index in [2.05, 4.69) is 10.1 Å². The quantitative estimate of drug-likeness (QED) is 0.722. The van der Waals surface area contributed by atoms with Gasteiger partial charge in [-0.3, -0.25) is 4.31 Å². The molecule has 0 aliphatic heterocycles. The largest absolute Gasteiger partial charge is 0.376 e. The van der Waals surface area contributed by atoms with E-state index in [1.165, 1.54) is 8.82 Å². The molecule has 0 radical (unpaired) electrons. The van der Waals surface area contributed by atoms with Crippen LogP contribution in [0.15, 0.2) is 47.6 Å². The summed E-state index contributed by atoms with van der Waals surface area (Å²) in [7, 11) is 1.50. The molecule has 0 unspecified atom stereocenters. The van der Waals surface area contributed by atoms with Crippen molar-refractivity contribution in [2.24, 2.45) is 0 Å². The minimum absolute atomic E-state index is 0.124. The molecule has 0 fully saturated rings. The molecule has 126 valence electrons. The second kappa shape index (κ2) is 5.79. The van der Waals surface area contributed by atoms with Crippen LogP contribution in [0, 0.1) is 6.92 Å². The van der Waals surface area contributed by atoms with E-state index < -0.39 is 10.0 Å². The van der Waals surface area contributed by atoms with E-state index in [0.717, 1.165) is 5.69 Å². The van der Waals surface area contributed by atoms with Crippen molar-refractivity contribution in [3.05, 3.63) is 48.4 Å². The maximum absolute atomic E-state index is 13.2. The summed E-state index contributed by atoms with van der Waals surface area (Å²) in [6.45, 7) is 1.67. The standard InChI is InChI=1S/C16H19N5O2S/c1-12-15(16-17-10-7-11-21(16)18-12)24(22,23)20(4)14-9-6-5-8-13(14)19(2)3/h5-11H,1-4H3. The van der Waals surface area contributed by atoms with Gasteiger partial charge in [-0.2, -0.15) is 5.10 Å². The highest BCUT2D eigenvalue weighted by molar-refractivity contribution is 7.93. The fourth-order valence-electron chi connectivity index (χ4n) is 2.65. The Hall–Kier alpha value is -2.61. The minimum atomic E-state index is -3.80. The van der Waals surface area contributed by atoms with E-state index >= 15 is 0 Å². The van der Waals surface area contributed by atoms with Crippen molar-refractivity contribution in [2.45, 2.75) is 11.8 Å². The minimum Gasteiger partial charge on any atom is -0.376 e. The lowest BCUT2D eigenvalue weighted by atomic mass is 10.2. The van der Waals surface area contributed by atoms with Crippen LogP contribution < -0.4 is 9.21 Å². The van der Waals surface area contributed by atoms with Gasteiger partial charge in [0.25, 0.3) is 10.0 Å². The zero-order valence-corrected chi connectivity index (χ0v) is 14.8. The van der Waals surface area contributed by atoms with Crippen molar-refractivity contribution in [1.82, 2.24) is 14.6 Å². The zero-order chi connectivity index (χ0) is 17.5. The van der Waals surface area contributed by atoms with Gasteiger partial charge in [0, 0.05) is 33.5 Å². The Kier molecular flexibility index (Phi) is 3.92. The molecule has 24 heavy (non-hydrogen) atoms. The first-order valence-electron chi connectivity index (χ1n) is 7.39. The van der Waals surface area contributed by atoms with Gasteiger partial charge < -0.3 is 4.90 Å². The van der Waals surface area contributed by atoms with Crippen LogP contribution in [0.25, 0.3) is 5.65 Å². The van der Waals surface area contributed by atoms with Gasteiger partial charge in [0.15, 0.2) is 10.5 Å². The predicted molar refractivity (Wildman–Crippen MR) is 94.1 cm³/mol. The number of hydrogen-bond donors (Lipinski definition) is 0. The monoisotopic (exact) mass is 345 g/mol. The molecule has 2 heterocycles. The van der Waals surface area contributed by atoms with Crippen LogP contribution in [0.4, 0.5) is 11.4 Å². The van der Waals surface area contributed by atoms with Gasteiger partial charge in [0.1, 0.15) is 0 Å². The number of anilines is 2. The molecule has 0 aliphatic rings. The summed E-state index contributed by atoms with van der Waals surface area (Å²) in [5.41, 5.74) is 2.15. The van der Waals surface area contributed by atoms with Crippen LogP contribution in [0.3, 0.4) is 0 Å². The number of nitrogens with zero attached hydrogens (tertiary/aromatic N) is 5. The van der Waals surface area contributed by atoms with Crippen LogP contribution in [0.5, 0.6) is 0 Å². The molecule has 3 aromatic rings. The van der Waals surface area contributed by atoms with Gasteiger partial charge in [0.05, 0.1) is 17.1 Å². The topological polar surface area (TPSA) is 70.8 Å². The molecule has 0 saturated heterocycles. The van der Waals surface area contributed by atoms with Crippen molar-refractivity contribution in [1.29, 1.82) is 0 Å². The van der Waals surface area contributed by atoms with Gasteiger partial charge in [-0.1, -0.05) is 12.1 Å². The highest BCUT2D eigenvalue weighted by Gasteiger charge is 2.30. The molecular weight excluding hydrogens is 326 g/mol. The lowest BCUT2D eigenvalue weighted by molar-refractivity contribution is 0.594. The number of sulfonamides is 1. The number of fused-ring (bicyclic) bond motifs is 1. The smallest absolute Gasteiger partial charge is 0.269 e. The third kappa shape index (κ3) is 2.48. The molecule has 7 nitrogen and oxygen atoms in total. The fraction of sp³-hybridized carbons (Fsp3) is 0.250. The van der Waals surface area contributed by atoms with Crippen molar-refractivity contribution >= 4 is 27.0 Å². The third-order valence-corrected chi connectivity index (χ3v) is 5.75. The first kappa shape index (κ1) is 16.3. The van der Waals surface area contributed by atoms with Crippen molar-refractivity contribution in [2.75, 3.05) is 30.3 Å². The first-order chi connectivity index (χ1) is 11.3. The second-order valence-electron chi connectivity index (χ2n) is 5.66. The van der Waals surface area contributed by atoms with E-state index in [-0.39, 0.29) is 4.90 Å². The maximum atomic E-state index is 13.2. The molecule has 1 aromatic carbocycles. The summed E-state index contributed by atoms with van der Waals surface area (Å²) >= 11 is 0. The van der Waals surface area contributed by atoms with E-state index in [1.54, 1.807) is 38.5 Å². The van der Waals surface area contributed by atoms with Crippen molar-refractivity contribution in [3.63, 3.8) is 0 Å². The van der Waals surface area contributed by atoms with E-state index in [9.17, 15) is 8.42 Å². The number of hydrogen-bond acceptors (Lipinski definition) is 5. The SMILES string of the molecule is Cc1nn2cccnc2c1S(=O)(=O)N(C)c1ccccc1N(C)C. The summed E-state index contributed by atoms with van der Waals surface area (Å²) < 4.78 is 29.2. The number of aryl methyl sites for hydroxylation is 1. The average molecular weight is 345 g/mol. The average Bonchev–Trinajstić information content (AvgIpc) is 2.90. The Morgan fingerprint density at radius 1 is 1.04 bits per heavy atom. The molecule has 0 saturated carbocycles. The van der Waals surface area contributed by atoms with Crippen LogP contribution >= 0.6 is 0 Å². The molecule has 3 rings (SSSR count). The van der Waals surface area contributed by atoms with Gasteiger partial charge in [-0.15, -0.1) is 0 Å². The molecule has 0 bridgehead atoms. The maximum Gasteiger partial charge on any atom is 0.269 e. The predicted octanol–water partition coefficient (Wildman–Crippen LogP) is 1.93. The summed E-state index contributed by atoms with van der Waals surface area (Å²) in [4.78, 5) is 6.19. The number of rotatable bonds is 4. The highest BCUT2D eigenvalue weighted by Crippen LogP contribution is 2.32. The van der Waals surface area contributed by atoms with Crippen LogP contribution in [0.2, 0.25) is 0 Å². The number of aromatic nitrogens is 3. The van der Waals surface area contributed by atoms with Gasteiger partial charge in [-0.25, -0.2) is 17.9 Å². The Labute approximate surface area is 141 Å². The molecule has 0 N–H and O–H groups in total. The zero-order valence-electron chi connectivity index (χ0n) is 14.0. The normalized spacial score (nSPS) is 11.7. The highest BCUT2D eigenvalue weighted by atomic mass is 32.2. The van der Waals surface area contributed by atoms with E-state index in [0.29, 0.717) is 17.0 Å². The fourth-order valence-corrected chi connectivity index (χ4v) is 4.13. The molecule has 0 amide bonds. The summed E-state index contributed by atoms with van der Waals surface area (Å²) in [5.74, 6) is 0.